The fourth-order valence-electron chi connectivity index (χ4n) is 1.72. The van der Waals surface area contributed by atoms with Crippen LogP contribution in [-0.4, -0.2) is 44.2 Å². The van der Waals surface area contributed by atoms with Crippen LogP contribution in [0.25, 0.3) is 0 Å². The highest BCUT2D eigenvalue weighted by atomic mass is 35.5. The lowest BCUT2D eigenvalue weighted by molar-refractivity contribution is 0.0730. The number of hydrogen-bond acceptors (Lipinski definition) is 5. The molecule has 0 N–H and O–H groups in total. The summed E-state index contributed by atoms with van der Waals surface area (Å²) in [7, 11) is -3.55. The van der Waals surface area contributed by atoms with E-state index in [1.54, 1.807) is 0 Å². The Kier molecular flexibility index (Phi) is 4.67. The average molecular weight is 319 g/mol. The van der Waals surface area contributed by atoms with E-state index in [1.807, 2.05) is 0 Å². The molecular formula is C11H11ClN2O3S2. The van der Waals surface area contributed by atoms with Crippen molar-refractivity contribution in [3.05, 3.63) is 23.2 Å². The normalized spacial score (nSPS) is 16.9. The molecular weight excluding hydrogens is 308 g/mol. The van der Waals surface area contributed by atoms with Gasteiger partial charge in [-0.2, -0.15) is 9.30 Å². The van der Waals surface area contributed by atoms with Gasteiger partial charge in [0.2, 0.25) is 10.0 Å². The number of sulfonamides is 1. The van der Waals surface area contributed by atoms with Crippen LogP contribution in [0.4, 0.5) is 5.69 Å². The van der Waals surface area contributed by atoms with Gasteiger partial charge in [0, 0.05) is 13.1 Å². The summed E-state index contributed by atoms with van der Waals surface area (Å²) >= 11 is 10.4. The van der Waals surface area contributed by atoms with Crippen LogP contribution >= 0.6 is 23.8 Å². The maximum Gasteiger partial charge on any atom is 0.243 e. The van der Waals surface area contributed by atoms with Crippen molar-refractivity contribution in [1.82, 2.24) is 4.31 Å². The van der Waals surface area contributed by atoms with Gasteiger partial charge in [0.25, 0.3) is 0 Å². The number of morpholine rings is 1. The number of halogens is 1. The second-order valence-electron chi connectivity index (χ2n) is 3.83. The number of hydrogen-bond donors (Lipinski definition) is 0. The van der Waals surface area contributed by atoms with E-state index in [4.69, 9.17) is 16.3 Å². The predicted octanol–water partition coefficient (Wildman–Crippen LogP) is 2.10. The maximum absolute atomic E-state index is 12.4. The minimum atomic E-state index is -3.55. The van der Waals surface area contributed by atoms with Gasteiger partial charge in [-0.1, -0.05) is 11.6 Å². The van der Waals surface area contributed by atoms with Crippen molar-refractivity contribution in [2.75, 3.05) is 26.3 Å². The predicted molar refractivity (Wildman–Crippen MR) is 75.7 cm³/mol. The molecule has 0 atom stereocenters. The minimum absolute atomic E-state index is 0.141. The monoisotopic (exact) mass is 318 g/mol. The smallest absolute Gasteiger partial charge is 0.243 e. The molecule has 0 aromatic heterocycles. The third kappa shape index (κ3) is 3.20. The number of isothiocyanates is 1. The number of ether oxygens (including phenoxy) is 1. The van der Waals surface area contributed by atoms with Crippen molar-refractivity contribution in [3.63, 3.8) is 0 Å². The van der Waals surface area contributed by atoms with Crippen molar-refractivity contribution in [1.29, 1.82) is 0 Å². The topological polar surface area (TPSA) is 59.0 Å². The van der Waals surface area contributed by atoms with Gasteiger partial charge >= 0.3 is 0 Å². The molecule has 5 nitrogen and oxygen atoms in total. The Bertz CT molecular complexity index is 621. The molecule has 1 aromatic rings. The van der Waals surface area contributed by atoms with E-state index in [-0.39, 0.29) is 4.90 Å². The van der Waals surface area contributed by atoms with E-state index in [2.05, 4.69) is 22.4 Å². The van der Waals surface area contributed by atoms with E-state index in [0.29, 0.717) is 37.0 Å². The van der Waals surface area contributed by atoms with Crippen LogP contribution in [0.2, 0.25) is 5.02 Å². The molecule has 0 spiro atoms. The van der Waals surface area contributed by atoms with Crippen LogP contribution in [0.5, 0.6) is 0 Å². The van der Waals surface area contributed by atoms with Crippen LogP contribution in [-0.2, 0) is 14.8 Å². The van der Waals surface area contributed by atoms with E-state index in [1.165, 1.54) is 22.5 Å². The molecule has 0 radical (unpaired) electrons. The molecule has 1 aliphatic heterocycles. The summed E-state index contributed by atoms with van der Waals surface area (Å²) in [6.07, 6.45) is 0. The van der Waals surface area contributed by atoms with E-state index in [0.717, 1.165) is 0 Å². The van der Waals surface area contributed by atoms with Gasteiger partial charge in [0.15, 0.2) is 0 Å². The summed E-state index contributed by atoms with van der Waals surface area (Å²) in [6, 6.07) is 4.34. The molecule has 102 valence electrons. The van der Waals surface area contributed by atoms with Crippen LogP contribution in [0.3, 0.4) is 0 Å². The van der Waals surface area contributed by atoms with Gasteiger partial charge in [-0.15, -0.1) is 0 Å². The number of nitrogens with zero attached hydrogens (tertiary/aromatic N) is 2. The third-order valence-electron chi connectivity index (χ3n) is 2.69. The van der Waals surface area contributed by atoms with Crippen molar-refractivity contribution in [3.8, 4) is 0 Å². The SMILES string of the molecule is O=S(=O)(c1ccc(Cl)c(N=C=S)c1)N1CCOCC1. The molecule has 0 bridgehead atoms. The van der Waals surface area contributed by atoms with E-state index >= 15 is 0 Å². The molecule has 8 heteroatoms. The van der Waals surface area contributed by atoms with Gasteiger partial charge in [-0.05, 0) is 30.4 Å². The van der Waals surface area contributed by atoms with Crippen LogP contribution in [0.1, 0.15) is 0 Å². The molecule has 1 fully saturated rings. The summed E-state index contributed by atoms with van der Waals surface area (Å²) in [5.74, 6) is 0. The van der Waals surface area contributed by atoms with Crippen molar-refractivity contribution >= 4 is 44.7 Å². The second-order valence-corrected chi connectivity index (χ2v) is 6.36. The highest BCUT2D eigenvalue weighted by Gasteiger charge is 2.26. The Balaban J connectivity index is 2.40. The highest BCUT2D eigenvalue weighted by molar-refractivity contribution is 7.89. The zero-order chi connectivity index (χ0) is 13.9. The van der Waals surface area contributed by atoms with E-state index in [9.17, 15) is 8.42 Å². The quantitative estimate of drug-likeness (QED) is 0.632. The first kappa shape index (κ1) is 14.6. The molecule has 1 heterocycles. The molecule has 0 unspecified atom stereocenters. The first-order chi connectivity index (χ1) is 9.05. The largest absolute Gasteiger partial charge is 0.379 e. The van der Waals surface area contributed by atoms with Gasteiger partial charge < -0.3 is 4.74 Å². The summed E-state index contributed by atoms with van der Waals surface area (Å²) < 4.78 is 31.3. The summed E-state index contributed by atoms with van der Waals surface area (Å²) in [6.45, 7) is 1.49. The summed E-state index contributed by atoms with van der Waals surface area (Å²) in [5, 5.41) is 2.51. The Morgan fingerprint density at radius 1 is 1.37 bits per heavy atom. The van der Waals surface area contributed by atoms with Crippen LogP contribution in [0, 0.1) is 0 Å². The average Bonchev–Trinajstić information content (AvgIpc) is 2.42. The zero-order valence-corrected chi connectivity index (χ0v) is 12.3. The maximum atomic E-state index is 12.4. The minimum Gasteiger partial charge on any atom is -0.379 e. The fraction of sp³-hybridized carbons (Fsp3) is 0.364. The van der Waals surface area contributed by atoms with Gasteiger partial charge in [0.05, 0.1) is 34.0 Å². The third-order valence-corrected chi connectivity index (χ3v) is 5.00. The Labute approximate surface area is 121 Å². The van der Waals surface area contributed by atoms with Crippen molar-refractivity contribution < 1.29 is 13.2 Å². The molecule has 1 saturated heterocycles. The second kappa shape index (κ2) is 6.09. The van der Waals surface area contributed by atoms with Gasteiger partial charge in [0.1, 0.15) is 0 Å². The molecule has 0 aliphatic carbocycles. The molecule has 0 amide bonds. The van der Waals surface area contributed by atoms with Crippen LogP contribution in [0.15, 0.2) is 28.1 Å². The van der Waals surface area contributed by atoms with Crippen molar-refractivity contribution in [2.24, 2.45) is 4.99 Å². The lowest BCUT2D eigenvalue weighted by atomic mass is 10.3. The number of rotatable bonds is 3. The molecule has 1 aliphatic rings. The number of aliphatic imine (C=N–C) groups is 1. The first-order valence-electron chi connectivity index (χ1n) is 5.51. The Morgan fingerprint density at radius 2 is 2.05 bits per heavy atom. The van der Waals surface area contributed by atoms with E-state index < -0.39 is 10.0 Å². The molecule has 2 rings (SSSR count). The Morgan fingerprint density at radius 3 is 2.68 bits per heavy atom. The molecule has 0 saturated carbocycles. The van der Waals surface area contributed by atoms with Crippen molar-refractivity contribution in [2.45, 2.75) is 4.90 Å². The number of thiocarbonyl (C=S) groups is 1. The molecule has 1 aromatic carbocycles. The lowest BCUT2D eigenvalue weighted by Crippen LogP contribution is -2.40. The summed E-state index contributed by atoms with van der Waals surface area (Å²) in [4.78, 5) is 3.89. The lowest BCUT2D eigenvalue weighted by Gasteiger charge is -2.26. The first-order valence-corrected chi connectivity index (χ1v) is 7.73. The highest BCUT2D eigenvalue weighted by Crippen LogP contribution is 2.29. The van der Waals surface area contributed by atoms with Gasteiger partial charge in [-0.25, -0.2) is 8.42 Å². The van der Waals surface area contributed by atoms with Crippen LogP contribution < -0.4 is 0 Å². The standard InChI is InChI=1S/C11H11ClN2O3S2/c12-10-2-1-9(7-11(10)13-8-18)19(15,16)14-3-5-17-6-4-14/h1-2,7H,3-6H2. The Hall–Kier alpha value is -0.820. The zero-order valence-electron chi connectivity index (χ0n) is 9.87. The number of benzene rings is 1. The van der Waals surface area contributed by atoms with Gasteiger partial charge in [-0.3, -0.25) is 0 Å². The summed E-state index contributed by atoms with van der Waals surface area (Å²) in [5.41, 5.74) is 0.297. The molecule has 19 heavy (non-hydrogen) atoms. The fourth-order valence-corrected chi connectivity index (χ4v) is 3.41.